The molecule has 2 heterocycles. The van der Waals surface area contributed by atoms with Crippen molar-refractivity contribution in [1.82, 2.24) is 14.8 Å². The average molecular weight is 514 g/mol. The van der Waals surface area contributed by atoms with Gasteiger partial charge in [-0.1, -0.05) is 38.1 Å². The number of halogens is 4. The van der Waals surface area contributed by atoms with Gasteiger partial charge in [-0.25, -0.2) is 4.39 Å². The molecule has 0 saturated carbocycles. The van der Waals surface area contributed by atoms with Crippen LogP contribution in [0, 0.1) is 17.7 Å². The molecular formula is C29H31F4N3O. The van der Waals surface area contributed by atoms with E-state index < -0.39 is 17.6 Å². The lowest BCUT2D eigenvalue weighted by atomic mass is 9.87. The molecule has 0 aliphatic carbocycles. The van der Waals surface area contributed by atoms with Gasteiger partial charge in [0.2, 0.25) is 0 Å². The van der Waals surface area contributed by atoms with Crippen LogP contribution in [0.15, 0.2) is 73.1 Å². The number of carbonyl (C=O) groups excluding carboxylic acids is 1. The van der Waals surface area contributed by atoms with E-state index in [2.05, 4.69) is 9.88 Å². The number of benzene rings is 2. The number of likely N-dealkylation sites (tertiary alicyclic amines) is 1. The second-order valence-corrected chi connectivity index (χ2v) is 10.2. The fraction of sp³-hybridized carbons (Fsp3) is 0.379. The molecular weight excluding hydrogens is 482 g/mol. The van der Waals surface area contributed by atoms with Gasteiger partial charge >= 0.3 is 6.18 Å². The Bertz CT molecular complexity index is 1180. The fourth-order valence-electron chi connectivity index (χ4n) is 5.09. The number of carbonyl (C=O) groups is 1. The van der Waals surface area contributed by atoms with Crippen molar-refractivity contribution in [2.75, 3.05) is 26.2 Å². The van der Waals surface area contributed by atoms with Gasteiger partial charge in [0, 0.05) is 56.6 Å². The van der Waals surface area contributed by atoms with Crippen LogP contribution < -0.4 is 0 Å². The summed E-state index contributed by atoms with van der Waals surface area (Å²) < 4.78 is 53.9. The molecule has 196 valence electrons. The minimum Gasteiger partial charge on any atom is -0.338 e. The van der Waals surface area contributed by atoms with E-state index in [1.807, 2.05) is 26.0 Å². The van der Waals surface area contributed by atoms with E-state index in [0.29, 0.717) is 43.9 Å². The first-order valence-electron chi connectivity index (χ1n) is 12.4. The Morgan fingerprint density at radius 3 is 2.49 bits per heavy atom. The molecule has 0 radical (unpaired) electrons. The van der Waals surface area contributed by atoms with Crippen LogP contribution in [-0.2, 0) is 12.7 Å². The van der Waals surface area contributed by atoms with Gasteiger partial charge in [0.25, 0.3) is 5.91 Å². The Kier molecular flexibility index (Phi) is 8.27. The highest BCUT2D eigenvalue weighted by atomic mass is 19.4. The number of aromatic nitrogens is 1. The van der Waals surface area contributed by atoms with Crippen LogP contribution in [-0.4, -0.2) is 46.9 Å². The number of nitrogens with zero attached hydrogens (tertiary/aromatic N) is 3. The topological polar surface area (TPSA) is 36.4 Å². The average Bonchev–Trinajstić information content (AvgIpc) is 3.25. The zero-order valence-electron chi connectivity index (χ0n) is 21.0. The van der Waals surface area contributed by atoms with Gasteiger partial charge < -0.3 is 4.90 Å². The minimum absolute atomic E-state index is 0.0803. The maximum Gasteiger partial charge on any atom is 0.416 e. The minimum atomic E-state index is -4.43. The van der Waals surface area contributed by atoms with Crippen LogP contribution in [0.2, 0.25) is 0 Å². The first-order chi connectivity index (χ1) is 17.6. The van der Waals surface area contributed by atoms with Crippen molar-refractivity contribution in [1.29, 1.82) is 0 Å². The van der Waals surface area contributed by atoms with E-state index in [9.17, 15) is 22.4 Å². The number of rotatable bonds is 8. The molecule has 1 aromatic heterocycles. The molecule has 0 bridgehead atoms. The van der Waals surface area contributed by atoms with Crippen molar-refractivity contribution >= 4 is 5.91 Å². The van der Waals surface area contributed by atoms with Crippen molar-refractivity contribution in [2.45, 2.75) is 32.5 Å². The molecule has 0 N–H and O–H groups in total. The number of hydrogen-bond acceptors (Lipinski definition) is 3. The highest BCUT2D eigenvalue weighted by molar-refractivity contribution is 5.94. The van der Waals surface area contributed by atoms with E-state index in [1.165, 1.54) is 36.4 Å². The summed E-state index contributed by atoms with van der Waals surface area (Å²) in [5.74, 6) is -0.706. The predicted molar refractivity (Wildman–Crippen MR) is 134 cm³/mol. The number of alkyl halides is 3. The third-order valence-corrected chi connectivity index (χ3v) is 6.71. The Morgan fingerprint density at radius 2 is 1.84 bits per heavy atom. The van der Waals surface area contributed by atoms with Crippen LogP contribution in [0.4, 0.5) is 17.6 Å². The Labute approximate surface area is 214 Å². The van der Waals surface area contributed by atoms with Gasteiger partial charge in [0.1, 0.15) is 5.82 Å². The summed E-state index contributed by atoms with van der Waals surface area (Å²) in [6.07, 6.45) is -0.940. The zero-order chi connectivity index (χ0) is 26.6. The summed E-state index contributed by atoms with van der Waals surface area (Å²) in [6, 6.07) is 14.8. The van der Waals surface area contributed by atoms with E-state index >= 15 is 0 Å². The summed E-state index contributed by atoms with van der Waals surface area (Å²) in [5, 5.41) is 0. The first-order valence-corrected chi connectivity index (χ1v) is 12.4. The molecule has 1 fully saturated rings. The molecule has 37 heavy (non-hydrogen) atoms. The summed E-state index contributed by atoms with van der Waals surface area (Å²) in [7, 11) is 0. The third kappa shape index (κ3) is 6.95. The van der Waals surface area contributed by atoms with Crippen molar-refractivity contribution in [2.24, 2.45) is 11.8 Å². The van der Waals surface area contributed by atoms with Crippen LogP contribution >= 0.6 is 0 Å². The molecule has 0 spiro atoms. The standard InChI is InChI=1S/C29H31F4N3O/c1-20(2)15-36(28(37)22-8-10-26(30)11-9-22)18-24-17-35(16-21-5-4-12-34-14-21)19-27(24)23-6-3-7-25(13-23)29(31,32)33/h3-14,20,24,27H,15-19H2,1-2H3/t24-,27+/m0/s1. The fourth-order valence-corrected chi connectivity index (χ4v) is 5.09. The molecule has 2 aromatic carbocycles. The van der Waals surface area contributed by atoms with Crippen LogP contribution in [0.5, 0.6) is 0 Å². The summed E-state index contributed by atoms with van der Waals surface area (Å²) in [6.45, 7) is 6.72. The molecule has 2 atom stereocenters. The Balaban J connectivity index is 1.63. The summed E-state index contributed by atoms with van der Waals surface area (Å²) in [4.78, 5) is 21.6. The lowest BCUT2D eigenvalue weighted by molar-refractivity contribution is -0.137. The number of hydrogen-bond donors (Lipinski definition) is 0. The quantitative estimate of drug-likeness (QED) is 0.334. The maximum atomic E-state index is 13.5. The van der Waals surface area contributed by atoms with Crippen molar-refractivity contribution < 1.29 is 22.4 Å². The van der Waals surface area contributed by atoms with Gasteiger partial charge in [-0.3, -0.25) is 14.7 Å². The lowest BCUT2D eigenvalue weighted by Crippen LogP contribution is -2.39. The molecule has 1 aliphatic heterocycles. The number of pyridine rings is 1. The summed E-state index contributed by atoms with van der Waals surface area (Å²) >= 11 is 0. The highest BCUT2D eigenvalue weighted by Crippen LogP contribution is 2.37. The van der Waals surface area contributed by atoms with Gasteiger partial charge in [-0.2, -0.15) is 13.2 Å². The zero-order valence-corrected chi connectivity index (χ0v) is 21.0. The predicted octanol–water partition coefficient (Wildman–Crippen LogP) is 6.25. The molecule has 4 rings (SSSR count). The van der Waals surface area contributed by atoms with E-state index in [1.54, 1.807) is 23.4 Å². The van der Waals surface area contributed by atoms with Gasteiger partial charge in [-0.05, 0) is 59.4 Å². The monoisotopic (exact) mass is 513 g/mol. The van der Waals surface area contributed by atoms with Crippen molar-refractivity contribution in [3.05, 3.63) is 101 Å². The van der Waals surface area contributed by atoms with Crippen molar-refractivity contribution in [3.8, 4) is 0 Å². The second kappa shape index (κ2) is 11.4. The molecule has 1 aliphatic rings. The van der Waals surface area contributed by atoms with E-state index in [0.717, 1.165) is 11.6 Å². The van der Waals surface area contributed by atoms with Gasteiger partial charge in [0.15, 0.2) is 0 Å². The molecule has 1 amide bonds. The lowest BCUT2D eigenvalue weighted by Gasteiger charge is -2.30. The largest absolute Gasteiger partial charge is 0.416 e. The normalized spacial score (nSPS) is 18.4. The number of amides is 1. The van der Waals surface area contributed by atoms with Crippen LogP contribution in [0.25, 0.3) is 0 Å². The van der Waals surface area contributed by atoms with Crippen LogP contribution in [0.3, 0.4) is 0 Å². The summed E-state index contributed by atoms with van der Waals surface area (Å²) in [5.41, 5.74) is 1.36. The van der Waals surface area contributed by atoms with E-state index in [-0.39, 0.29) is 23.7 Å². The Morgan fingerprint density at radius 1 is 1.08 bits per heavy atom. The molecule has 8 heteroatoms. The molecule has 0 unspecified atom stereocenters. The molecule has 3 aromatic rings. The first kappa shape index (κ1) is 26.8. The smallest absolute Gasteiger partial charge is 0.338 e. The third-order valence-electron chi connectivity index (χ3n) is 6.71. The van der Waals surface area contributed by atoms with Crippen LogP contribution in [0.1, 0.15) is 46.8 Å². The molecule has 1 saturated heterocycles. The van der Waals surface area contributed by atoms with Crippen molar-refractivity contribution in [3.63, 3.8) is 0 Å². The van der Waals surface area contributed by atoms with Gasteiger partial charge in [-0.15, -0.1) is 0 Å². The van der Waals surface area contributed by atoms with E-state index in [4.69, 9.17) is 0 Å². The highest BCUT2D eigenvalue weighted by Gasteiger charge is 2.38. The maximum absolute atomic E-state index is 13.5. The Hall–Kier alpha value is -3.26. The SMILES string of the molecule is CC(C)CN(C[C@@H]1CN(Cc2cccnc2)C[C@@H]1c1cccc(C(F)(F)F)c1)C(=O)c1ccc(F)cc1. The second-order valence-electron chi connectivity index (χ2n) is 10.2. The van der Waals surface area contributed by atoms with Gasteiger partial charge in [0.05, 0.1) is 5.56 Å². The molecule has 4 nitrogen and oxygen atoms in total.